The summed E-state index contributed by atoms with van der Waals surface area (Å²) >= 11 is 0. The molecule has 0 amide bonds. The normalized spacial score (nSPS) is 21.3. The summed E-state index contributed by atoms with van der Waals surface area (Å²) < 4.78 is 0. The third-order valence-electron chi connectivity index (χ3n) is 3.54. The molecule has 0 unspecified atom stereocenters. The molecular weight excluding hydrogens is 192 g/mol. The van der Waals surface area contributed by atoms with Gasteiger partial charge in [-0.25, -0.2) is 0 Å². The molecule has 86 valence electrons. The molecule has 0 aromatic rings. The Morgan fingerprint density at radius 3 is 2.12 bits per heavy atom. The molecule has 0 saturated carbocycles. The molecule has 16 heavy (non-hydrogen) atoms. The van der Waals surface area contributed by atoms with Gasteiger partial charge in [-0.05, 0) is 42.2 Å². The summed E-state index contributed by atoms with van der Waals surface area (Å²) in [6, 6.07) is 0. The molecule has 0 spiro atoms. The van der Waals surface area contributed by atoms with Crippen LogP contribution in [0.1, 0.15) is 46.5 Å². The highest BCUT2D eigenvalue weighted by Crippen LogP contribution is 2.35. The molecule has 0 heterocycles. The van der Waals surface area contributed by atoms with Crippen molar-refractivity contribution in [2.45, 2.75) is 46.5 Å². The molecule has 0 aromatic carbocycles. The molecule has 0 nitrogen and oxygen atoms in total. The zero-order valence-corrected chi connectivity index (χ0v) is 10.7. The van der Waals surface area contributed by atoms with Crippen molar-refractivity contribution in [2.24, 2.45) is 5.41 Å². The van der Waals surface area contributed by atoms with Gasteiger partial charge in [-0.1, -0.05) is 56.7 Å². The second kappa shape index (κ2) is 4.45. The Hall–Kier alpha value is -1.04. The fourth-order valence-electron chi connectivity index (χ4n) is 2.40. The minimum absolute atomic E-state index is 0.336. The average molecular weight is 214 g/mol. The first-order chi connectivity index (χ1) is 7.57. The van der Waals surface area contributed by atoms with Gasteiger partial charge in [-0.3, -0.25) is 0 Å². The summed E-state index contributed by atoms with van der Waals surface area (Å²) in [4.78, 5) is 0. The van der Waals surface area contributed by atoms with Crippen LogP contribution in [0, 0.1) is 5.41 Å². The van der Waals surface area contributed by atoms with Gasteiger partial charge in [0.1, 0.15) is 0 Å². The van der Waals surface area contributed by atoms with Crippen molar-refractivity contribution in [2.75, 3.05) is 0 Å². The molecule has 2 aliphatic rings. The lowest BCUT2D eigenvalue weighted by molar-refractivity contribution is 0.479. The van der Waals surface area contributed by atoms with Crippen molar-refractivity contribution in [1.82, 2.24) is 0 Å². The first-order valence-electron chi connectivity index (χ1n) is 6.33. The molecule has 0 fully saturated rings. The Morgan fingerprint density at radius 1 is 0.875 bits per heavy atom. The minimum Gasteiger partial charge on any atom is -0.0842 e. The van der Waals surface area contributed by atoms with E-state index in [0.29, 0.717) is 5.41 Å². The molecule has 2 aliphatic carbocycles. The van der Waals surface area contributed by atoms with Crippen LogP contribution >= 0.6 is 0 Å². The first-order valence-corrected chi connectivity index (χ1v) is 6.33. The number of rotatable bonds is 1. The molecular formula is C16H22. The molecule has 0 atom stereocenters. The highest BCUT2D eigenvalue weighted by atomic mass is 14.2. The second-order valence-corrected chi connectivity index (χ2v) is 5.79. The first kappa shape index (κ1) is 11.4. The third kappa shape index (κ3) is 2.55. The maximum atomic E-state index is 2.35. The molecule has 0 heteroatoms. The fraction of sp³-hybridized carbons (Fsp3) is 0.500. The minimum atomic E-state index is 0.336. The molecule has 0 aromatic heterocycles. The number of hydrogen-bond acceptors (Lipinski definition) is 0. The second-order valence-electron chi connectivity index (χ2n) is 5.79. The summed E-state index contributed by atoms with van der Waals surface area (Å²) in [6.07, 6.45) is 16.3. The average Bonchev–Trinajstić information content (AvgIpc) is 2.29. The predicted octanol–water partition coefficient (Wildman–Crippen LogP) is 4.96. The van der Waals surface area contributed by atoms with Crippen molar-refractivity contribution < 1.29 is 0 Å². The maximum Gasteiger partial charge on any atom is -0.0170 e. The van der Waals surface area contributed by atoms with E-state index in [0.717, 1.165) is 0 Å². The SMILES string of the molecule is CC(C)(C)C1=CC=C(C2=CC=CCC2)CC1. The molecule has 0 saturated heterocycles. The summed E-state index contributed by atoms with van der Waals surface area (Å²) in [5.74, 6) is 0. The molecule has 0 radical (unpaired) electrons. The van der Waals surface area contributed by atoms with Gasteiger partial charge in [0.2, 0.25) is 0 Å². The van der Waals surface area contributed by atoms with Gasteiger partial charge in [0.05, 0.1) is 0 Å². The van der Waals surface area contributed by atoms with E-state index in [-0.39, 0.29) is 0 Å². The highest BCUT2D eigenvalue weighted by Gasteiger charge is 2.19. The Kier molecular flexibility index (Phi) is 3.18. The quantitative estimate of drug-likeness (QED) is 0.579. The predicted molar refractivity (Wildman–Crippen MR) is 71.3 cm³/mol. The largest absolute Gasteiger partial charge is 0.0842 e. The van der Waals surface area contributed by atoms with E-state index in [9.17, 15) is 0 Å². The van der Waals surface area contributed by atoms with Gasteiger partial charge in [0, 0.05) is 0 Å². The van der Waals surface area contributed by atoms with Gasteiger partial charge in [-0.15, -0.1) is 0 Å². The van der Waals surface area contributed by atoms with Crippen molar-refractivity contribution in [3.63, 3.8) is 0 Å². The van der Waals surface area contributed by atoms with E-state index in [1.807, 2.05) is 0 Å². The monoisotopic (exact) mass is 214 g/mol. The molecule has 2 rings (SSSR count). The topological polar surface area (TPSA) is 0 Å². The van der Waals surface area contributed by atoms with Crippen molar-refractivity contribution >= 4 is 0 Å². The van der Waals surface area contributed by atoms with Crippen LogP contribution in [0.2, 0.25) is 0 Å². The highest BCUT2D eigenvalue weighted by molar-refractivity contribution is 5.41. The van der Waals surface area contributed by atoms with Gasteiger partial charge in [0.15, 0.2) is 0 Å². The summed E-state index contributed by atoms with van der Waals surface area (Å²) in [5, 5.41) is 0. The van der Waals surface area contributed by atoms with Crippen LogP contribution in [-0.2, 0) is 0 Å². The zero-order valence-electron chi connectivity index (χ0n) is 10.7. The lowest BCUT2D eigenvalue weighted by atomic mass is 9.79. The van der Waals surface area contributed by atoms with E-state index in [1.165, 1.54) is 25.7 Å². The van der Waals surface area contributed by atoms with E-state index < -0.39 is 0 Å². The van der Waals surface area contributed by atoms with Crippen molar-refractivity contribution in [3.8, 4) is 0 Å². The summed E-state index contributed by atoms with van der Waals surface area (Å²) in [6.45, 7) is 6.92. The van der Waals surface area contributed by atoms with E-state index in [4.69, 9.17) is 0 Å². The van der Waals surface area contributed by atoms with Gasteiger partial charge in [-0.2, -0.15) is 0 Å². The molecule has 0 bridgehead atoms. The van der Waals surface area contributed by atoms with Crippen LogP contribution in [-0.4, -0.2) is 0 Å². The van der Waals surface area contributed by atoms with Crippen LogP contribution in [0.5, 0.6) is 0 Å². The van der Waals surface area contributed by atoms with E-state index >= 15 is 0 Å². The smallest absolute Gasteiger partial charge is 0.0170 e. The van der Waals surface area contributed by atoms with Crippen LogP contribution in [0.3, 0.4) is 0 Å². The summed E-state index contributed by atoms with van der Waals surface area (Å²) in [7, 11) is 0. The van der Waals surface area contributed by atoms with Gasteiger partial charge in [0.25, 0.3) is 0 Å². The zero-order chi connectivity index (χ0) is 11.6. The van der Waals surface area contributed by atoms with Crippen LogP contribution < -0.4 is 0 Å². The fourth-order valence-corrected chi connectivity index (χ4v) is 2.40. The van der Waals surface area contributed by atoms with Gasteiger partial charge >= 0.3 is 0 Å². The Balaban J connectivity index is 2.16. The lowest BCUT2D eigenvalue weighted by Crippen LogP contribution is -2.12. The summed E-state index contributed by atoms with van der Waals surface area (Å²) in [5.41, 5.74) is 5.02. The van der Waals surface area contributed by atoms with E-state index in [1.54, 1.807) is 16.7 Å². The maximum absolute atomic E-state index is 2.35. The lowest BCUT2D eigenvalue weighted by Gasteiger charge is -2.27. The van der Waals surface area contributed by atoms with Crippen LogP contribution in [0.25, 0.3) is 0 Å². The standard InChI is InChI=1S/C16H22/c1-16(2,3)15-11-9-14(10-12-15)13-7-5-4-6-8-13/h4-5,7,9,11H,6,8,10,12H2,1-3H3. The van der Waals surface area contributed by atoms with Gasteiger partial charge < -0.3 is 0 Å². The Bertz CT molecular complexity index is 381. The molecule has 0 aliphatic heterocycles. The Labute approximate surface area is 99.4 Å². The third-order valence-corrected chi connectivity index (χ3v) is 3.54. The number of hydrogen-bond donors (Lipinski definition) is 0. The van der Waals surface area contributed by atoms with Crippen LogP contribution in [0.15, 0.2) is 47.1 Å². The number of allylic oxidation sites excluding steroid dienone is 8. The molecule has 0 N–H and O–H groups in total. The van der Waals surface area contributed by atoms with Crippen LogP contribution in [0.4, 0.5) is 0 Å². The van der Waals surface area contributed by atoms with Crippen molar-refractivity contribution in [3.05, 3.63) is 47.1 Å². The van der Waals surface area contributed by atoms with E-state index in [2.05, 4.69) is 51.2 Å². The Morgan fingerprint density at radius 2 is 1.62 bits per heavy atom. The van der Waals surface area contributed by atoms with Crippen molar-refractivity contribution in [1.29, 1.82) is 0 Å².